The lowest BCUT2D eigenvalue weighted by atomic mass is 10.0. The molecular formula is C16H18N3O3S+. The Balaban J connectivity index is 1.82. The van der Waals surface area contributed by atoms with Crippen molar-refractivity contribution >= 4 is 23.6 Å². The number of aromatic nitrogens is 1. The molecule has 0 spiro atoms. The highest BCUT2D eigenvalue weighted by atomic mass is 32.2. The number of rotatable bonds is 4. The zero-order chi connectivity index (χ0) is 16.6. The van der Waals surface area contributed by atoms with Crippen molar-refractivity contribution in [2.24, 2.45) is 5.73 Å². The molecule has 1 saturated heterocycles. The van der Waals surface area contributed by atoms with Crippen LogP contribution in [0.4, 0.5) is 0 Å². The van der Waals surface area contributed by atoms with Crippen molar-refractivity contribution in [1.29, 1.82) is 0 Å². The van der Waals surface area contributed by atoms with Crippen molar-refractivity contribution in [1.82, 2.24) is 4.90 Å². The van der Waals surface area contributed by atoms with Gasteiger partial charge >= 0.3 is 5.97 Å². The van der Waals surface area contributed by atoms with E-state index in [9.17, 15) is 14.7 Å². The monoisotopic (exact) mass is 332 g/mol. The Kier molecular flexibility index (Phi) is 4.23. The van der Waals surface area contributed by atoms with Gasteiger partial charge in [-0.1, -0.05) is 12.1 Å². The van der Waals surface area contributed by atoms with Crippen molar-refractivity contribution < 1.29 is 19.3 Å². The summed E-state index contributed by atoms with van der Waals surface area (Å²) in [6.07, 6.45) is 5.68. The van der Waals surface area contributed by atoms with Gasteiger partial charge in [-0.25, -0.2) is 4.79 Å². The highest BCUT2D eigenvalue weighted by Gasteiger charge is 2.51. The molecule has 0 unspecified atom stereocenters. The van der Waals surface area contributed by atoms with Crippen LogP contribution < -0.4 is 10.3 Å². The molecule has 2 atom stereocenters. The number of carboxylic acid groups (broad SMARTS) is 1. The summed E-state index contributed by atoms with van der Waals surface area (Å²) in [7, 11) is 0. The van der Waals surface area contributed by atoms with Crippen LogP contribution >= 0.6 is 11.8 Å². The molecule has 0 bridgehead atoms. The molecule has 1 fully saturated rings. The SMILES string of the molecule is Cc1cccc[n+]1CC=CC1=C(C(=O)O)N2C(=O)[C@@H](N)[C@H]2SC1. The number of carbonyl (C=O) groups is 2. The van der Waals surface area contributed by atoms with Gasteiger partial charge in [-0.3, -0.25) is 9.69 Å². The van der Waals surface area contributed by atoms with Gasteiger partial charge < -0.3 is 10.8 Å². The molecule has 0 aromatic carbocycles. The van der Waals surface area contributed by atoms with E-state index in [1.807, 2.05) is 37.4 Å². The second-order valence-corrected chi connectivity index (χ2v) is 6.62. The fraction of sp³-hybridized carbons (Fsp3) is 0.312. The van der Waals surface area contributed by atoms with Gasteiger partial charge in [0.25, 0.3) is 0 Å². The molecule has 0 radical (unpaired) electrons. The standard InChI is InChI=1S/C16H17N3O3S/c1-10-5-2-3-7-18(10)8-4-6-11-9-23-15-12(17)14(20)19(15)13(11)16(21)22/h2-7,12,15H,8-9,17H2,1H3/p+1/t12-,15-/m1/s1. The normalized spacial score (nSPS) is 23.9. The van der Waals surface area contributed by atoms with Crippen LogP contribution in [0.5, 0.6) is 0 Å². The van der Waals surface area contributed by atoms with Crippen molar-refractivity contribution in [2.45, 2.75) is 24.9 Å². The molecule has 6 nitrogen and oxygen atoms in total. The summed E-state index contributed by atoms with van der Waals surface area (Å²) < 4.78 is 2.06. The number of hydrogen-bond donors (Lipinski definition) is 2. The molecule has 120 valence electrons. The smallest absolute Gasteiger partial charge is 0.352 e. The van der Waals surface area contributed by atoms with E-state index >= 15 is 0 Å². The first-order valence-electron chi connectivity index (χ1n) is 7.29. The van der Waals surface area contributed by atoms with Gasteiger partial charge in [0.15, 0.2) is 18.4 Å². The number of nitrogens with two attached hydrogens (primary N) is 1. The third-order valence-electron chi connectivity index (χ3n) is 4.03. The predicted octanol–water partition coefficient (Wildman–Crippen LogP) is 0.420. The lowest BCUT2D eigenvalue weighted by molar-refractivity contribution is -0.693. The number of β-lactam (4-membered cyclic amide) rings is 1. The van der Waals surface area contributed by atoms with Crippen molar-refractivity contribution in [2.75, 3.05) is 5.75 Å². The molecule has 2 aliphatic rings. The van der Waals surface area contributed by atoms with Gasteiger partial charge in [-0.15, -0.1) is 11.8 Å². The number of nitrogens with zero attached hydrogens (tertiary/aromatic N) is 2. The maximum atomic E-state index is 11.9. The van der Waals surface area contributed by atoms with Gasteiger partial charge in [0.2, 0.25) is 5.91 Å². The Labute approximate surface area is 138 Å². The molecule has 0 aliphatic carbocycles. The summed E-state index contributed by atoms with van der Waals surface area (Å²) in [5.74, 6) is -0.865. The average Bonchev–Trinajstić information content (AvgIpc) is 2.55. The number of aliphatic carboxylic acids is 1. The van der Waals surface area contributed by atoms with Gasteiger partial charge in [-0.2, -0.15) is 4.57 Å². The first-order chi connectivity index (χ1) is 11.0. The minimum atomic E-state index is -1.08. The number of aryl methyl sites for hydroxylation is 1. The summed E-state index contributed by atoms with van der Waals surface area (Å²) in [5, 5.41) is 9.20. The highest BCUT2D eigenvalue weighted by molar-refractivity contribution is 8.00. The number of carbonyl (C=O) groups excluding carboxylic acids is 1. The Morgan fingerprint density at radius 2 is 2.35 bits per heavy atom. The Morgan fingerprint density at radius 3 is 3.04 bits per heavy atom. The number of fused-ring (bicyclic) bond motifs is 1. The molecule has 3 N–H and O–H groups in total. The van der Waals surface area contributed by atoms with Crippen LogP contribution in [0.25, 0.3) is 0 Å². The first-order valence-corrected chi connectivity index (χ1v) is 8.34. The van der Waals surface area contributed by atoms with Crippen molar-refractivity contribution in [3.63, 3.8) is 0 Å². The van der Waals surface area contributed by atoms with E-state index in [4.69, 9.17) is 5.73 Å². The maximum absolute atomic E-state index is 11.9. The summed E-state index contributed by atoms with van der Waals surface area (Å²) in [6.45, 7) is 2.65. The molecule has 3 rings (SSSR count). The van der Waals surface area contributed by atoms with Gasteiger partial charge in [0.05, 0.1) is 0 Å². The molecule has 1 aromatic rings. The number of allylic oxidation sites excluding steroid dienone is 2. The average molecular weight is 332 g/mol. The van der Waals surface area contributed by atoms with Crippen LogP contribution in [0.3, 0.4) is 0 Å². The summed E-state index contributed by atoms with van der Waals surface area (Å²) in [5.41, 5.74) is 7.55. The van der Waals surface area contributed by atoms with Crippen LogP contribution in [-0.4, -0.2) is 39.1 Å². The molecule has 2 aliphatic heterocycles. The third-order valence-corrected chi connectivity index (χ3v) is 5.35. The fourth-order valence-corrected chi connectivity index (χ4v) is 4.01. The number of thioether (sulfide) groups is 1. The van der Waals surface area contributed by atoms with Gasteiger partial charge in [-0.05, 0) is 11.6 Å². The fourth-order valence-electron chi connectivity index (χ4n) is 2.74. The molecule has 23 heavy (non-hydrogen) atoms. The van der Waals surface area contributed by atoms with E-state index in [1.165, 1.54) is 16.7 Å². The zero-order valence-electron chi connectivity index (χ0n) is 12.7. The lowest BCUT2D eigenvalue weighted by Crippen LogP contribution is -2.68. The summed E-state index contributed by atoms with van der Waals surface area (Å²) >= 11 is 1.50. The van der Waals surface area contributed by atoms with Crippen LogP contribution in [-0.2, 0) is 16.1 Å². The Bertz CT molecular complexity index is 729. The van der Waals surface area contributed by atoms with Crippen LogP contribution in [0.15, 0.2) is 47.8 Å². The third kappa shape index (κ3) is 2.77. The Morgan fingerprint density at radius 1 is 1.57 bits per heavy atom. The van der Waals surface area contributed by atoms with Crippen LogP contribution in [0.1, 0.15) is 5.69 Å². The van der Waals surface area contributed by atoms with Crippen LogP contribution in [0, 0.1) is 6.92 Å². The number of carboxylic acids is 1. The largest absolute Gasteiger partial charge is 0.477 e. The quantitative estimate of drug-likeness (QED) is 0.616. The topological polar surface area (TPSA) is 87.5 Å². The molecule has 1 aromatic heterocycles. The molecule has 3 heterocycles. The minimum absolute atomic E-state index is 0.0616. The molecule has 0 saturated carbocycles. The maximum Gasteiger partial charge on any atom is 0.352 e. The molecule has 1 amide bonds. The van der Waals surface area contributed by atoms with E-state index in [0.29, 0.717) is 17.9 Å². The number of hydrogen-bond acceptors (Lipinski definition) is 4. The summed E-state index contributed by atoms with van der Waals surface area (Å²) in [6, 6.07) is 5.33. The van der Waals surface area contributed by atoms with Gasteiger partial charge in [0.1, 0.15) is 17.1 Å². The minimum Gasteiger partial charge on any atom is -0.477 e. The summed E-state index contributed by atoms with van der Waals surface area (Å²) in [4.78, 5) is 24.7. The van der Waals surface area contributed by atoms with E-state index in [0.717, 1.165) is 5.69 Å². The second kappa shape index (κ2) is 6.17. The molecular weight excluding hydrogens is 314 g/mol. The van der Waals surface area contributed by atoms with Crippen molar-refractivity contribution in [3.05, 3.63) is 53.5 Å². The van der Waals surface area contributed by atoms with Gasteiger partial charge in [0, 0.05) is 24.8 Å². The predicted molar refractivity (Wildman–Crippen MR) is 86.2 cm³/mol. The lowest BCUT2D eigenvalue weighted by Gasteiger charge is -2.47. The second-order valence-electron chi connectivity index (χ2n) is 5.51. The highest BCUT2D eigenvalue weighted by Crippen LogP contribution is 2.39. The molecule has 7 heteroatoms. The first kappa shape index (κ1) is 15.8. The zero-order valence-corrected chi connectivity index (χ0v) is 13.5. The van der Waals surface area contributed by atoms with E-state index in [2.05, 4.69) is 4.57 Å². The van der Waals surface area contributed by atoms with E-state index < -0.39 is 12.0 Å². The number of pyridine rings is 1. The van der Waals surface area contributed by atoms with E-state index in [-0.39, 0.29) is 17.0 Å². The Hall–Kier alpha value is -2.12. The van der Waals surface area contributed by atoms with Crippen LogP contribution in [0.2, 0.25) is 0 Å². The van der Waals surface area contributed by atoms with E-state index in [1.54, 1.807) is 6.08 Å². The van der Waals surface area contributed by atoms with Crippen molar-refractivity contribution in [3.8, 4) is 0 Å². The number of amides is 1.